The predicted molar refractivity (Wildman–Crippen MR) is 115 cm³/mol. The smallest absolute Gasteiger partial charge is 0.257 e. The number of hydrogen-bond acceptors (Lipinski definition) is 4. The summed E-state index contributed by atoms with van der Waals surface area (Å²) in [4.78, 5) is 25.8. The minimum atomic E-state index is -0.327. The Hall–Kier alpha value is -2.93. The molecule has 0 spiro atoms. The Bertz CT molecular complexity index is 848. The fourth-order valence-electron chi connectivity index (χ4n) is 2.28. The summed E-state index contributed by atoms with van der Waals surface area (Å²) in [7, 11) is 3.39. The van der Waals surface area contributed by atoms with Crippen LogP contribution in [-0.2, 0) is 0 Å². The molecule has 0 heterocycles. The first-order chi connectivity index (χ1) is 13.3. The third-order valence-electron chi connectivity index (χ3n) is 3.70. The molecule has 0 aliphatic carbocycles. The third-order valence-corrected chi connectivity index (χ3v) is 3.91. The van der Waals surface area contributed by atoms with Crippen LogP contribution in [0.1, 0.15) is 34.6 Å². The molecule has 0 saturated carbocycles. The lowest BCUT2D eigenvalue weighted by atomic mass is 10.2. The van der Waals surface area contributed by atoms with Gasteiger partial charge in [0.05, 0.1) is 6.61 Å². The van der Waals surface area contributed by atoms with Crippen molar-refractivity contribution in [1.82, 2.24) is 10.2 Å². The Labute approximate surface area is 170 Å². The summed E-state index contributed by atoms with van der Waals surface area (Å²) in [6, 6.07) is 13.8. The van der Waals surface area contributed by atoms with Crippen molar-refractivity contribution in [3.63, 3.8) is 0 Å². The molecular weight excluding hydrogens is 374 g/mol. The zero-order valence-electron chi connectivity index (χ0n) is 16.5. The van der Waals surface area contributed by atoms with Crippen molar-refractivity contribution < 1.29 is 14.3 Å². The van der Waals surface area contributed by atoms with E-state index in [0.29, 0.717) is 35.1 Å². The molecule has 2 amide bonds. The maximum absolute atomic E-state index is 12.4. The Morgan fingerprint density at radius 2 is 1.75 bits per heavy atom. The van der Waals surface area contributed by atoms with E-state index in [1.807, 2.05) is 6.07 Å². The first-order valence-corrected chi connectivity index (χ1v) is 9.34. The quantitative estimate of drug-likeness (QED) is 0.727. The van der Waals surface area contributed by atoms with Crippen molar-refractivity contribution in [3.05, 3.63) is 59.7 Å². The van der Waals surface area contributed by atoms with E-state index in [9.17, 15) is 9.59 Å². The molecule has 6 nitrogen and oxygen atoms in total. The molecule has 0 fully saturated rings. The number of amides is 2. The SMILES string of the molecule is CC(C)COc1cccc(C(=O)NC(=S)Nc2ccc(C(=O)N(C)C)cc2)c1. The van der Waals surface area contributed by atoms with Gasteiger partial charge in [0, 0.05) is 30.9 Å². The fourth-order valence-corrected chi connectivity index (χ4v) is 2.49. The van der Waals surface area contributed by atoms with Gasteiger partial charge in [-0.25, -0.2) is 0 Å². The lowest BCUT2D eigenvalue weighted by Gasteiger charge is -2.13. The molecule has 0 aliphatic rings. The molecule has 2 aromatic carbocycles. The van der Waals surface area contributed by atoms with Crippen LogP contribution in [0.4, 0.5) is 5.69 Å². The van der Waals surface area contributed by atoms with Gasteiger partial charge in [-0.3, -0.25) is 14.9 Å². The van der Waals surface area contributed by atoms with E-state index < -0.39 is 0 Å². The Kier molecular flexibility index (Phi) is 7.52. The van der Waals surface area contributed by atoms with Crippen molar-refractivity contribution in [2.24, 2.45) is 5.92 Å². The summed E-state index contributed by atoms with van der Waals surface area (Å²) < 4.78 is 5.65. The fraction of sp³-hybridized carbons (Fsp3) is 0.286. The van der Waals surface area contributed by atoms with Crippen molar-refractivity contribution in [3.8, 4) is 5.75 Å². The number of thiocarbonyl (C=S) groups is 1. The number of benzene rings is 2. The molecule has 0 atom stereocenters. The topological polar surface area (TPSA) is 70.7 Å². The van der Waals surface area contributed by atoms with Gasteiger partial charge in [-0.1, -0.05) is 19.9 Å². The molecule has 2 N–H and O–H groups in total. The van der Waals surface area contributed by atoms with E-state index in [-0.39, 0.29) is 16.9 Å². The van der Waals surface area contributed by atoms with Gasteiger partial charge >= 0.3 is 0 Å². The van der Waals surface area contributed by atoms with Crippen LogP contribution in [0.2, 0.25) is 0 Å². The van der Waals surface area contributed by atoms with Crippen LogP contribution in [0, 0.1) is 5.92 Å². The highest BCUT2D eigenvalue weighted by atomic mass is 32.1. The number of nitrogens with one attached hydrogen (secondary N) is 2. The molecular formula is C21H25N3O3S. The second kappa shape index (κ2) is 9.85. The largest absolute Gasteiger partial charge is 0.493 e. The van der Waals surface area contributed by atoms with E-state index in [1.54, 1.807) is 56.6 Å². The van der Waals surface area contributed by atoms with Crippen LogP contribution in [0.5, 0.6) is 5.75 Å². The normalized spacial score (nSPS) is 10.3. The summed E-state index contributed by atoms with van der Waals surface area (Å²) in [5, 5.41) is 5.75. The highest BCUT2D eigenvalue weighted by Gasteiger charge is 2.11. The van der Waals surface area contributed by atoms with Gasteiger partial charge < -0.3 is 15.0 Å². The van der Waals surface area contributed by atoms with Crippen LogP contribution in [0.25, 0.3) is 0 Å². The third kappa shape index (κ3) is 6.35. The van der Waals surface area contributed by atoms with E-state index in [4.69, 9.17) is 17.0 Å². The van der Waals surface area contributed by atoms with E-state index in [2.05, 4.69) is 24.5 Å². The zero-order valence-corrected chi connectivity index (χ0v) is 17.3. The Balaban J connectivity index is 1.94. The number of rotatable bonds is 6. The van der Waals surface area contributed by atoms with E-state index in [0.717, 1.165) is 0 Å². The Morgan fingerprint density at radius 1 is 1.07 bits per heavy atom. The van der Waals surface area contributed by atoms with E-state index in [1.165, 1.54) is 4.90 Å². The number of nitrogens with zero attached hydrogens (tertiary/aromatic N) is 1. The molecule has 0 aliphatic heterocycles. The summed E-state index contributed by atoms with van der Waals surface area (Å²) in [5.41, 5.74) is 1.70. The molecule has 0 bridgehead atoms. The minimum absolute atomic E-state index is 0.0815. The maximum atomic E-state index is 12.4. The second-order valence-electron chi connectivity index (χ2n) is 6.92. The zero-order chi connectivity index (χ0) is 20.7. The average molecular weight is 400 g/mol. The number of hydrogen-bond donors (Lipinski definition) is 2. The average Bonchev–Trinajstić information content (AvgIpc) is 2.66. The summed E-state index contributed by atoms with van der Waals surface area (Å²) in [6.07, 6.45) is 0. The number of ether oxygens (including phenoxy) is 1. The van der Waals surface area contributed by atoms with Gasteiger partial charge in [0.1, 0.15) is 5.75 Å². The molecule has 2 aromatic rings. The summed E-state index contributed by atoms with van der Waals surface area (Å²) in [5.74, 6) is 0.629. The highest BCUT2D eigenvalue weighted by Crippen LogP contribution is 2.15. The van der Waals surface area contributed by atoms with E-state index >= 15 is 0 Å². The first-order valence-electron chi connectivity index (χ1n) is 8.93. The highest BCUT2D eigenvalue weighted by molar-refractivity contribution is 7.80. The van der Waals surface area contributed by atoms with Crippen molar-refractivity contribution >= 4 is 34.8 Å². The van der Waals surface area contributed by atoms with Crippen LogP contribution < -0.4 is 15.4 Å². The molecule has 28 heavy (non-hydrogen) atoms. The summed E-state index contributed by atoms with van der Waals surface area (Å²) in [6.45, 7) is 4.70. The van der Waals surface area contributed by atoms with Crippen molar-refractivity contribution in [1.29, 1.82) is 0 Å². The molecule has 7 heteroatoms. The van der Waals surface area contributed by atoms with Gasteiger partial charge in [0.15, 0.2) is 5.11 Å². The van der Waals surface area contributed by atoms with Crippen LogP contribution in [0.15, 0.2) is 48.5 Å². The van der Waals surface area contributed by atoms with Gasteiger partial charge in [0.2, 0.25) is 0 Å². The van der Waals surface area contributed by atoms with Crippen molar-refractivity contribution in [2.75, 3.05) is 26.0 Å². The predicted octanol–water partition coefficient (Wildman–Crippen LogP) is 3.55. The minimum Gasteiger partial charge on any atom is -0.493 e. The molecule has 0 saturated heterocycles. The van der Waals surface area contributed by atoms with Gasteiger partial charge in [-0.15, -0.1) is 0 Å². The molecule has 0 radical (unpaired) electrons. The monoisotopic (exact) mass is 399 g/mol. The molecule has 2 rings (SSSR count). The van der Waals surface area contributed by atoms with Gasteiger partial charge in [0.25, 0.3) is 11.8 Å². The molecule has 148 valence electrons. The maximum Gasteiger partial charge on any atom is 0.257 e. The first kappa shape index (κ1) is 21.4. The molecule has 0 aromatic heterocycles. The lowest BCUT2D eigenvalue weighted by Crippen LogP contribution is -2.34. The second-order valence-corrected chi connectivity index (χ2v) is 7.33. The van der Waals surface area contributed by atoms with Crippen LogP contribution in [0.3, 0.4) is 0 Å². The lowest BCUT2D eigenvalue weighted by molar-refractivity contribution is 0.0827. The standard InChI is InChI=1S/C21H25N3O3S/c1-14(2)13-27-18-7-5-6-16(12-18)19(25)23-21(28)22-17-10-8-15(9-11-17)20(26)24(3)4/h5-12,14H,13H2,1-4H3,(H2,22,23,25,28). The van der Waals surface area contributed by atoms with Crippen LogP contribution >= 0.6 is 12.2 Å². The Morgan fingerprint density at radius 3 is 2.36 bits per heavy atom. The van der Waals surface area contributed by atoms with Crippen molar-refractivity contribution in [2.45, 2.75) is 13.8 Å². The number of carbonyl (C=O) groups is 2. The molecule has 0 unspecified atom stereocenters. The van der Waals surface area contributed by atoms with Crippen LogP contribution in [-0.4, -0.2) is 42.5 Å². The number of carbonyl (C=O) groups excluding carboxylic acids is 2. The van der Waals surface area contributed by atoms with Gasteiger partial charge in [-0.05, 0) is 60.6 Å². The van der Waals surface area contributed by atoms with Gasteiger partial charge in [-0.2, -0.15) is 0 Å². The summed E-state index contributed by atoms with van der Waals surface area (Å²) >= 11 is 5.21. The number of anilines is 1.